The number of hydrogen-bond donors (Lipinski definition) is 3. The number of benzene rings is 2. The van der Waals surface area contributed by atoms with Gasteiger partial charge in [0.1, 0.15) is 0 Å². The summed E-state index contributed by atoms with van der Waals surface area (Å²) in [6, 6.07) is 11.2. The number of hydroxylamine groups is 1. The Bertz CT molecular complexity index is 882. The number of alkyl halides is 3. The van der Waals surface area contributed by atoms with Crippen molar-refractivity contribution >= 4 is 11.6 Å². The van der Waals surface area contributed by atoms with Gasteiger partial charge in [-0.15, -0.1) is 0 Å². The summed E-state index contributed by atoms with van der Waals surface area (Å²) in [6.45, 7) is 3.56. The minimum absolute atomic E-state index is 0.134. The maximum atomic E-state index is 13.3. The fraction of sp³-hybridized carbons (Fsp3) is 0.409. The molecule has 0 radical (unpaired) electrons. The third-order valence-corrected chi connectivity index (χ3v) is 5.60. The van der Waals surface area contributed by atoms with E-state index in [0.29, 0.717) is 24.6 Å². The Morgan fingerprint density at radius 3 is 2.42 bits per heavy atom. The average molecular weight is 437 g/mol. The molecule has 2 aromatic carbocycles. The van der Waals surface area contributed by atoms with Crippen LogP contribution in [0.4, 0.5) is 18.9 Å². The number of amides is 1. The second kappa shape index (κ2) is 9.67. The van der Waals surface area contributed by atoms with Crippen molar-refractivity contribution in [3.63, 3.8) is 0 Å². The molecule has 1 saturated heterocycles. The van der Waals surface area contributed by atoms with Gasteiger partial charge in [0.15, 0.2) is 6.35 Å². The van der Waals surface area contributed by atoms with Crippen molar-refractivity contribution in [3.05, 3.63) is 65.2 Å². The van der Waals surface area contributed by atoms with E-state index in [2.05, 4.69) is 6.92 Å². The van der Waals surface area contributed by atoms with Gasteiger partial charge in [0.05, 0.1) is 5.56 Å². The van der Waals surface area contributed by atoms with Crippen molar-refractivity contribution in [1.29, 1.82) is 0 Å². The number of halogens is 3. The lowest BCUT2D eigenvalue weighted by Crippen LogP contribution is -2.51. The van der Waals surface area contributed by atoms with E-state index in [1.165, 1.54) is 23.1 Å². The van der Waals surface area contributed by atoms with Crippen molar-refractivity contribution in [2.24, 2.45) is 5.92 Å². The van der Waals surface area contributed by atoms with E-state index in [0.717, 1.165) is 25.0 Å². The molecule has 0 bridgehead atoms. The Morgan fingerprint density at radius 1 is 1.19 bits per heavy atom. The SMILES string of the molecule is CC1CCN(C(O)N(Cc2ccc(C(=O)NO)cc2)c2cccc(C(F)(F)F)c2)CC1. The monoisotopic (exact) mass is 437 g/mol. The van der Waals surface area contributed by atoms with E-state index in [1.807, 2.05) is 4.90 Å². The third kappa shape index (κ3) is 5.75. The maximum Gasteiger partial charge on any atom is 0.416 e. The van der Waals surface area contributed by atoms with Crippen molar-refractivity contribution in [2.75, 3.05) is 18.0 Å². The average Bonchev–Trinajstić information content (AvgIpc) is 2.77. The van der Waals surface area contributed by atoms with Crippen LogP contribution in [-0.2, 0) is 12.7 Å². The quantitative estimate of drug-likeness (QED) is 0.364. The van der Waals surface area contributed by atoms with E-state index in [9.17, 15) is 23.1 Å². The van der Waals surface area contributed by atoms with Gasteiger partial charge in [-0.3, -0.25) is 14.9 Å². The first-order valence-corrected chi connectivity index (χ1v) is 10.1. The van der Waals surface area contributed by atoms with E-state index in [-0.39, 0.29) is 17.8 Å². The summed E-state index contributed by atoms with van der Waals surface area (Å²) in [5, 5.41) is 19.8. The number of piperidine rings is 1. The van der Waals surface area contributed by atoms with E-state index < -0.39 is 24.0 Å². The summed E-state index contributed by atoms with van der Waals surface area (Å²) in [5.74, 6) is -0.126. The lowest BCUT2D eigenvalue weighted by atomic mass is 9.99. The molecule has 0 saturated carbocycles. The van der Waals surface area contributed by atoms with Crippen LogP contribution in [0.1, 0.15) is 41.3 Å². The van der Waals surface area contributed by atoms with Crippen molar-refractivity contribution in [3.8, 4) is 0 Å². The summed E-state index contributed by atoms with van der Waals surface area (Å²) >= 11 is 0. The molecule has 1 amide bonds. The molecule has 2 aromatic rings. The molecule has 1 unspecified atom stereocenters. The molecular formula is C22H26F3N3O3. The summed E-state index contributed by atoms with van der Waals surface area (Å²) in [4.78, 5) is 14.9. The molecular weight excluding hydrogens is 411 g/mol. The van der Waals surface area contributed by atoms with Gasteiger partial charge in [0.25, 0.3) is 5.91 Å². The van der Waals surface area contributed by atoms with Crippen LogP contribution >= 0.6 is 0 Å². The minimum Gasteiger partial charge on any atom is -0.361 e. The zero-order valence-electron chi connectivity index (χ0n) is 17.1. The van der Waals surface area contributed by atoms with E-state index >= 15 is 0 Å². The Labute approximate surface area is 178 Å². The van der Waals surface area contributed by atoms with Crippen LogP contribution in [0.5, 0.6) is 0 Å². The Morgan fingerprint density at radius 2 is 1.84 bits per heavy atom. The predicted octanol–water partition coefficient (Wildman–Crippen LogP) is 3.84. The van der Waals surface area contributed by atoms with Crippen LogP contribution in [0.25, 0.3) is 0 Å². The first-order chi connectivity index (χ1) is 14.7. The van der Waals surface area contributed by atoms with Crippen LogP contribution in [0.2, 0.25) is 0 Å². The van der Waals surface area contributed by atoms with Gasteiger partial charge in [-0.2, -0.15) is 13.2 Å². The van der Waals surface area contributed by atoms with Gasteiger partial charge in [0, 0.05) is 30.9 Å². The number of carbonyl (C=O) groups excluding carboxylic acids is 1. The number of nitrogens with one attached hydrogen (secondary N) is 1. The van der Waals surface area contributed by atoms with E-state index in [4.69, 9.17) is 5.21 Å². The molecule has 1 heterocycles. The maximum absolute atomic E-state index is 13.3. The molecule has 9 heteroatoms. The molecule has 31 heavy (non-hydrogen) atoms. The van der Waals surface area contributed by atoms with Gasteiger partial charge < -0.3 is 10.0 Å². The third-order valence-electron chi connectivity index (χ3n) is 5.60. The van der Waals surface area contributed by atoms with Crippen molar-refractivity contribution in [1.82, 2.24) is 10.4 Å². The molecule has 0 aromatic heterocycles. The fourth-order valence-electron chi connectivity index (χ4n) is 3.65. The van der Waals surface area contributed by atoms with Gasteiger partial charge in [-0.05, 0) is 54.7 Å². The zero-order chi connectivity index (χ0) is 22.6. The number of rotatable bonds is 6. The molecule has 0 aliphatic carbocycles. The summed E-state index contributed by atoms with van der Waals surface area (Å²) in [7, 11) is 0. The van der Waals surface area contributed by atoms with Crippen molar-refractivity contribution < 1.29 is 28.3 Å². The number of carbonyl (C=O) groups is 1. The Hall–Kier alpha value is -2.62. The molecule has 3 rings (SSSR count). The smallest absolute Gasteiger partial charge is 0.361 e. The molecule has 6 nitrogen and oxygen atoms in total. The van der Waals surface area contributed by atoms with Gasteiger partial charge in [-0.1, -0.05) is 25.1 Å². The van der Waals surface area contributed by atoms with Crippen molar-refractivity contribution in [2.45, 2.75) is 38.8 Å². The highest BCUT2D eigenvalue weighted by molar-refractivity contribution is 5.93. The standard InChI is InChI=1S/C22H26F3N3O3/c1-15-9-11-27(12-10-15)21(30)28(19-4-2-3-18(13-19)22(23,24)25)14-16-5-7-17(8-6-16)20(29)26-31/h2-8,13,15,21,30-31H,9-12,14H2,1H3,(H,26,29). The number of likely N-dealkylation sites (tertiary alicyclic amines) is 1. The lowest BCUT2D eigenvalue weighted by Gasteiger charge is -2.40. The Balaban J connectivity index is 1.90. The van der Waals surface area contributed by atoms with Crippen LogP contribution in [0, 0.1) is 5.92 Å². The lowest BCUT2D eigenvalue weighted by molar-refractivity contribution is -0.137. The summed E-state index contributed by atoms with van der Waals surface area (Å²) in [5.41, 5.74) is 1.94. The van der Waals surface area contributed by atoms with Crippen LogP contribution in [0.15, 0.2) is 48.5 Å². The van der Waals surface area contributed by atoms with Crippen LogP contribution in [0.3, 0.4) is 0 Å². The van der Waals surface area contributed by atoms with Gasteiger partial charge in [0.2, 0.25) is 0 Å². The highest BCUT2D eigenvalue weighted by atomic mass is 19.4. The fourth-order valence-corrected chi connectivity index (χ4v) is 3.65. The molecule has 3 N–H and O–H groups in total. The predicted molar refractivity (Wildman–Crippen MR) is 109 cm³/mol. The van der Waals surface area contributed by atoms with Crippen LogP contribution in [-0.4, -0.2) is 40.6 Å². The Kier molecular flexibility index (Phi) is 7.19. The molecule has 1 aliphatic rings. The highest BCUT2D eigenvalue weighted by Crippen LogP contribution is 2.33. The second-order valence-electron chi connectivity index (χ2n) is 7.88. The normalized spacial score (nSPS) is 16.7. The summed E-state index contributed by atoms with van der Waals surface area (Å²) < 4.78 is 39.8. The first kappa shape index (κ1) is 23.1. The number of hydrogen-bond acceptors (Lipinski definition) is 5. The molecule has 0 spiro atoms. The molecule has 1 atom stereocenters. The van der Waals surface area contributed by atoms with E-state index in [1.54, 1.807) is 23.7 Å². The number of aliphatic hydroxyl groups excluding tert-OH is 1. The van der Waals surface area contributed by atoms with Crippen LogP contribution < -0.4 is 10.4 Å². The molecule has 168 valence electrons. The summed E-state index contributed by atoms with van der Waals surface area (Å²) in [6.07, 6.45) is -3.79. The minimum atomic E-state index is -4.49. The highest BCUT2D eigenvalue weighted by Gasteiger charge is 2.32. The molecule has 1 fully saturated rings. The largest absolute Gasteiger partial charge is 0.416 e. The molecule has 1 aliphatic heterocycles. The number of aliphatic hydroxyl groups is 1. The zero-order valence-corrected chi connectivity index (χ0v) is 17.1. The van der Waals surface area contributed by atoms with Gasteiger partial charge >= 0.3 is 6.18 Å². The van der Waals surface area contributed by atoms with Gasteiger partial charge in [-0.25, -0.2) is 5.48 Å². The topological polar surface area (TPSA) is 76.0 Å². The first-order valence-electron chi connectivity index (χ1n) is 10.1. The second-order valence-corrected chi connectivity index (χ2v) is 7.88. The number of anilines is 1. The number of nitrogens with zero attached hydrogens (tertiary/aromatic N) is 2.